The molecule has 0 unspecified atom stereocenters. The molecular weight excluding hydrogens is 362 g/mol. The molecule has 0 saturated carbocycles. The third-order valence-corrected chi connectivity index (χ3v) is 5.10. The highest BCUT2D eigenvalue weighted by Crippen LogP contribution is 2.27. The lowest BCUT2D eigenvalue weighted by Crippen LogP contribution is -2.13. The number of halogens is 1. The number of nitrogens with one attached hydrogen (secondary N) is 2. The number of hydrogen-bond acceptors (Lipinski definition) is 4. The molecule has 0 saturated heterocycles. The van der Waals surface area contributed by atoms with E-state index in [9.17, 15) is 13.2 Å². The molecule has 0 radical (unpaired) electrons. The van der Waals surface area contributed by atoms with Crippen molar-refractivity contribution >= 4 is 49.8 Å². The third-order valence-electron chi connectivity index (χ3n) is 3.40. The quantitative estimate of drug-likeness (QED) is 0.728. The van der Waals surface area contributed by atoms with E-state index in [2.05, 4.69) is 15.0 Å². The predicted octanol–water partition coefficient (Wildman–Crippen LogP) is 3.65. The van der Waals surface area contributed by atoms with Crippen LogP contribution in [0.25, 0.3) is 10.9 Å². The standard InChI is InChI=1S/C17H14ClN3O3S/c1-11(22)20-17-7-6-14(9-15(17)18)25(23,24)21-13-8-12-4-2-3-5-16(12)19-10-13/h2-10,21H,1H3,(H,20,22). The summed E-state index contributed by atoms with van der Waals surface area (Å²) in [5, 5.41) is 3.48. The molecule has 3 aromatic rings. The normalized spacial score (nSPS) is 11.3. The fourth-order valence-electron chi connectivity index (χ4n) is 2.29. The van der Waals surface area contributed by atoms with Crippen LogP contribution in [0.1, 0.15) is 6.92 Å². The zero-order chi connectivity index (χ0) is 18.0. The van der Waals surface area contributed by atoms with E-state index in [1.54, 1.807) is 6.07 Å². The molecule has 2 aromatic carbocycles. The topological polar surface area (TPSA) is 88.2 Å². The fourth-order valence-corrected chi connectivity index (χ4v) is 3.65. The van der Waals surface area contributed by atoms with Gasteiger partial charge in [0.25, 0.3) is 10.0 Å². The van der Waals surface area contributed by atoms with E-state index in [1.807, 2.05) is 24.3 Å². The maximum Gasteiger partial charge on any atom is 0.261 e. The molecule has 8 heteroatoms. The van der Waals surface area contributed by atoms with Crippen LogP contribution in [-0.2, 0) is 14.8 Å². The van der Waals surface area contributed by atoms with E-state index >= 15 is 0 Å². The van der Waals surface area contributed by atoms with Crippen molar-refractivity contribution in [2.75, 3.05) is 10.0 Å². The number of sulfonamides is 1. The van der Waals surface area contributed by atoms with Gasteiger partial charge in [0.15, 0.2) is 0 Å². The molecule has 0 aliphatic rings. The highest BCUT2D eigenvalue weighted by atomic mass is 35.5. The largest absolute Gasteiger partial charge is 0.325 e. The Labute approximate surface area is 149 Å². The SMILES string of the molecule is CC(=O)Nc1ccc(S(=O)(=O)Nc2cnc3ccccc3c2)cc1Cl. The van der Waals surface area contributed by atoms with Gasteiger partial charge in [-0.2, -0.15) is 0 Å². The summed E-state index contributed by atoms with van der Waals surface area (Å²) in [5.74, 6) is -0.294. The van der Waals surface area contributed by atoms with Crippen molar-refractivity contribution in [3.8, 4) is 0 Å². The Kier molecular flexibility index (Phi) is 4.61. The molecule has 3 rings (SSSR count). The second-order valence-corrected chi connectivity index (χ2v) is 7.43. The van der Waals surface area contributed by atoms with Crippen molar-refractivity contribution in [1.82, 2.24) is 4.98 Å². The molecule has 0 spiro atoms. The van der Waals surface area contributed by atoms with Gasteiger partial charge in [-0.3, -0.25) is 14.5 Å². The minimum absolute atomic E-state index is 0.0141. The maximum atomic E-state index is 12.5. The molecule has 2 N–H and O–H groups in total. The number of rotatable bonds is 4. The van der Waals surface area contributed by atoms with Gasteiger partial charge in [0.05, 0.1) is 33.0 Å². The van der Waals surface area contributed by atoms with E-state index < -0.39 is 10.0 Å². The lowest BCUT2D eigenvalue weighted by molar-refractivity contribution is -0.114. The Morgan fingerprint density at radius 1 is 1.12 bits per heavy atom. The number of carbonyl (C=O) groups excluding carboxylic acids is 1. The highest BCUT2D eigenvalue weighted by Gasteiger charge is 2.16. The average Bonchev–Trinajstić information content (AvgIpc) is 2.56. The molecule has 25 heavy (non-hydrogen) atoms. The molecule has 0 atom stereocenters. The van der Waals surface area contributed by atoms with Crippen LogP contribution in [-0.4, -0.2) is 19.3 Å². The van der Waals surface area contributed by atoms with Crippen molar-refractivity contribution < 1.29 is 13.2 Å². The second kappa shape index (κ2) is 6.70. The number of anilines is 2. The molecule has 1 aromatic heterocycles. The highest BCUT2D eigenvalue weighted by molar-refractivity contribution is 7.92. The van der Waals surface area contributed by atoms with E-state index in [0.29, 0.717) is 11.4 Å². The first kappa shape index (κ1) is 17.2. The van der Waals surface area contributed by atoms with Gasteiger partial charge < -0.3 is 5.32 Å². The molecule has 0 fully saturated rings. The summed E-state index contributed by atoms with van der Waals surface area (Å²) in [5.41, 5.74) is 1.47. The molecule has 6 nitrogen and oxygen atoms in total. The number of amides is 1. The van der Waals surface area contributed by atoms with Crippen LogP contribution < -0.4 is 10.0 Å². The lowest BCUT2D eigenvalue weighted by atomic mass is 10.2. The van der Waals surface area contributed by atoms with E-state index in [1.165, 1.54) is 31.3 Å². The summed E-state index contributed by atoms with van der Waals surface area (Å²) < 4.78 is 27.6. The number of nitrogens with zero attached hydrogens (tertiary/aromatic N) is 1. The fraction of sp³-hybridized carbons (Fsp3) is 0.0588. The first-order valence-electron chi connectivity index (χ1n) is 7.30. The number of aromatic nitrogens is 1. The zero-order valence-electron chi connectivity index (χ0n) is 13.2. The average molecular weight is 376 g/mol. The Bertz CT molecular complexity index is 1070. The summed E-state index contributed by atoms with van der Waals surface area (Å²) in [6.45, 7) is 1.34. The van der Waals surface area contributed by atoms with Crippen molar-refractivity contribution in [3.63, 3.8) is 0 Å². The van der Waals surface area contributed by atoms with Crippen LogP contribution in [0.4, 0.5) is 11.4 Å². The summed E-state index contributed by atoms with van der Waals surface area (Å²) in [6.07, 6.45) is 1.45. The van der Waals surface area contributed by atoms with Gasteiger partial charge in [-0.15, -0.1) is 0 Å². The summed E-state index contributed by atoms with van der Waals surface area (Å²) in [4.78, 5) is 15.3. The number of hydrogen-bond donors (Lipinski definition) is 2. The van der Waals surface area contributed by atoms with Crippen molar-refractivity contribution in [1.29, 1.82) is 0 Å². The smallest absolute Gasteiger partial charge is 0.261 e. The monoisotopic (exact) mass is 375 g/mol. The Morgan fingerprint density at radius 2 is 1.88 bits per heavy atom. The van der Waals surface area contributed by atoms with Gasteiger partial charge in [0.1, 0.15) is 0 Å². The van der Waals surface area contributed by atoms with E-state index in [-0.39, 0.29) is 15.8 Å². The van der Waals surface area contributed by atoms with E-state index in [0.717, 1.165) is 10.9 Å². The first-order valence-corrected chi connectivity index (χ1v) is 9.16. The molecule has 128 valence electrons. The number of pyridine rings is 1. The van der Waals surface area contributed by atoms with Gasteiger partial charge >= 0.3 is 0 Å². The molecule has 0 bridgehead atoms. The van der Waals surface area contributed by atoms with Crippen molar-refractivity contribution in [2.45, 2.75) is 11.8 Å². The third kappa shape index (κ3) is 3.89. The van der Waals surface area contributed by atoms with Gasteiger partial charge in [-0.05, 0) is 30.3 Å². The predicted molar refractivity (Wildman–Crippen MR) is 98.3 cm³/mol. The Morgan fingerprint density at radius 3 is 2.60 bits per heavy atom. The van der Waals surface area contributed by atoms with Crippen LogP contribution in [0.5, 0.6) is 0 Å². The van der Waals surface area contributed by atoms with Crippen LogP contribution in [0.15, 0.2) is 59.6 Å². The minimum atomic E-state index is -3.84. The summed E-state index contributed by atoms with van der Waals surface area (Å²) in [7, 11) is -3.84. The Hall–Kier alpha value is -2.64. The van der Waals surface area contributed by atoms with Gasteiger partial charge in [0.2, 0.25) is 5.91 Å². The first-order chi connectivity index (χ1) is 11.8. The number of para-hydroxylation sites is 1. The van der Waals surface area contributed by atoms with E-state index in [4.69, 9.17) is 11.6 Å². The molecular formula is C17H14ClN3O3S. The zero-order valence-corrected chi connectivity index (χ0v) is 14.7. The molecule has 1 amide bonds. The maximum absolute atomic E-state index is 12.5. The van der Waals surface area contributed by atoms with Crippen LogP contribution >= 0.6 is 11.6 Å². The van der Waals surface area contributed by atoms with Crippen LogP contribution in [0, 0.1) is 0 Å². The molecule has 1 heterocycles. The number of benzene rings is 2. The van der Waals surface area contributed by atoms with Crippen LogP contribution in [0.2, 0.25) is 5.02 Å². The van der Waals surface area contributed by atoms with Gasteiger partial charge in [0, 0.05) is 12.3 Å². The van der Waals surface area contributed by atoms with Crippen molar-refractivity contribution in [3.05, 3.63) is 59.8 Å². The van der Waals surface area contributed by atoms with Crippen LogP contribution in [0.3, 0.4) is 0 Å². The van der Waals surface area contributed by atoms with Gasteiger partial charge in [-0.25, -0.2) is 8.42 Å². The number of fused-ring (bicyclic) bond motifs is 1. The summed E-state index contributed by atoms with van der Waals surface area (Å²) in [6, 6.07) is 13.2. The molecule has 0 aliphatic heterocycles. The molecule has 0 aliphatic carbocycles. The number of carbonyl (C=O) groups is 1. The second-order valence-electron chi connectivity index (χ2n) is 5.35. The Balaban J connectivity index is 1.90. The lowest BCUT2D eigenvalue weighted by Gasteiger charge is -2.11. The van der Waals surface area contributed by atoms with Crippen molar-refractivity contribution in [2.24, 2.45) is 0 Å². The minimum Gasteiger partial charge on any atom is -0.325 e. The summed E-state index contributed by atoms with van der Waals surface area (Å²) >= 11 is 6.04. The van der Waals surface area contributed by atoms with Gasteiger partial charge in [-0.1, -0.05) is 29.8 Å².